The Kier molecular flexibility index (Phi) is 2.70. The molecule has 0 saturated heterocycles. The molecule has 0 saturated carbocycles. The number of hydrogen-bond acceptors (Lipinski definition) is 4. The Labute approximate surface area is 72.5 Å². The minimum absolute atomic E-state index is 0.0548. The summed E-state index contributed by atoms with van der Waals surface area (Å²) in [5, 5.41) is 17.6. The highest BCUT2D eigenvalue weighted by atomic mass is 32.1. The fraction of sp³-hybridized carbons (Fsp3) is 0.200. The van der Waals surface area contributed by atoms with Crippen molar-refractivity contribution >= 4 is 24.4 Å². The molecule has 1 rings (SSSR count). The van der Waals surface area contributed by atoms with Gasteiger partial charge in [-0.25, -0.2) is 4.68 Å². The highest BCUT2D eigenvalue weighted by molar-refractivity contribution is 7.71. The maximum Gasteiger partial charge on any atom is 0.307 e. The molecule has 0 unspecified atom stereocenters. The lowest BCUT2D eigenvalue weighted by Crippen LogP contribution is -1.92. The van der Waals surface area contributed by atoms with E-state index >= 15 is 0 Å². The second-order valence-corrected chi connectivity index (χ2v) is 2.30. The van der Waals surface area contributed by atoms with Crippen LogP contribution in [0.25, 0.3) is 6.20 Å². The third kappa shape index (κ3) is 2.27. The van der Waals surface area contributed by atoms with Gasteiger partial charge in [0.1, 0.15) is 0 Å². The highest BCUT2D eigenvalue weighted by Gasteiger charge is 1.91. The molecule has 0 aliphatic carbocycles. The lowest BCUT2D eigenvalue weighted by atomic mass is 10.4. The van der Waals surface area contributed by atoms with Gasteiger partial charge in [0, 0.05) is 6.20 Å². The Morgan fingerprint density at radius 2 is 2.58 bits per heavy atom. The van der Waals surface area contributed by atoms with Crippen LogP contribution >= 0.6 is 12.2 Å². The van der Waals surface area contributed by atoms with E-state index in [9.17, 15) is 4.79 Å². The molecule has 7 heteroatoms. The number of aromatic nitrogens is 4. The minimum Gasteiger partial charge on any atom is -0.481 e. The van der Waals surface area contributed by atoms with E-state index in [4.69, 9.17) is 17.3 Å². The van der Waals surface area contributed by atoms with Crippen LogP contribution in [0.2, 0.25) is 0 Å². The summed E-state index contributed by atoms with van der Waals surface area (Å²) >= 11 is 4.72. The molecule has 64 valence electrons. The van der Waals surface area contributed by atoms with Crippen LogP contribution in [0.5, 0.6) is 0 Å². The van der Waals surface area contributed by atoms with Gasteiger partial charge in [-0.05, 0) is 12.2 Å². The summed E-state index contributed by atoms with van der Waals surface area (Å²) in [7, 11) is 0. The van der Waals surface area contributed by atoms with Gasteiger partial charge in [0.05, 0.1) is 6.42 Å². The molecule has 0 aliphatic rings. The van der Waals surface area contributed by atoms with Crippen LogP contribution in [0, 0.1) is 4.77 Å². The largest absolute Gasteiger partial charge is 0.481 e. The number of nitrogens with zero attached hydrogens (tertiary/aromatic N) is 3. The molecule has 0 atom stereocenters. The number of tetrazole rings is 1. The fourth-order valence-electron chi connectivity index (χ4n) is 0.560. The van der Waals surface area contributed by atoms with Gasteiger partial charge in [-0.1, -0.05) is 16.4 Å². The number of hydrogen-bond donors (Lipinski definition) is 2. The van der Waals surface area contributed by atoms with E-state index in [2.05, 4.69) is 15.5 Å². The maximum absolute atomic E-state index is 10.1. The van der Waals surface area contributed by atoms with Gasteiger partial charge in [0.2, 0.25) is 4.77 Å². The number of carboxylic acids is 1. The van der Waals surface area contributed by atoms with Crippen LogP contribution < -0.4 is 0 Å². The molecular formula is C5H6N4O2S. The third-order valence-electron chi connectivity index (χ3n) is 1.04. The SMILES string of the molecule is O=C(O)CC=Cn1[nH]nnc1=S. The van der Waals surface area contributed by atoms with Crippen LogP contribution in [-0.2, 0) is 4.79 Å². The number of aliphatic carboxylic acids is 1. The molecule has 1 heterocycles. The second-order valence-electron chi connectivity index (χ2n) is 1.94. The molecular weight excluding hydrogens is 180 g/mol. The molecule has 0 spiro atoms. The molecule has 1 aromatic heterocycles. The van der Waals surface area contributed by atoms with Crippen molar-refractivity contribution in [3.63, 3.8) is 0 Å². The number of aromatic amines is 1. The molecule has 0 aliphatic heterocycles. The third-order valence-corrected chi connectivity index (χ3v) is 1.32. The summed E-state index contributed by atoms with van der Waals surface area (Å²) in [6.07, 6.45) is 2.86. The van der Waals surface area contributed by atoms with Gasteiger partial charge in [0.25, 0.3) is 0 Å². The standard InChI is InChI=1S/C5H6N4O2S/c10-4(11)2-1-3-9-5(12)6-7-8-9/h1,3H,2H2,(H,10,11)(H,6,8,12). The zero-order valence-electron chi connectivity index (χ0n) is 5.97. The molecule has 12 heavy (non-hydrogen) atoms. The summed E-state index contributed by atoms with van der Waals surface area (Å²) in [5.74, 6) is -0.898. The van der Waals surface area contributed by atoms with Crippen LogP contribution in [0.3, 0.4) is 0 Å². The quantitative estimate of drug-likeness (QED) is 0.662. The number of carboxylic acid groups (broad SMARTS) is 1. The monoisotopic (exact) mass is 186 g/mol. The lowest BCUT2D eigenvalue weighted by molar-refractivity contribution is -0.135. The number of rotatable bonds is 3. The summed E-state index contributed by atoms with van der Waals surface area (Å²) < 4.78 is 1.61. The van der Waals surface area contributed by atoms with Crippen molar-refractivity contribution in [1.29, 1.82) is 0 Å². The average molecular weight is 186 g/mol. The zero-order valence-corrected chi connectivity index (χ0v) is 6.78. The number of carbonyl (C=O) groups is 1. The van der Waals surface area contributed by atoms with Crippen molar-refractivity contribution in [3.8, 4) is 0 Å². The summed E-state index contributed by atoms with van der Waals surface area (Å²) in [6, 6.07) is 0. The number of nitrogens with one attached hydrogen (secondary N) is 1. The van der Waals surface area contributed by atoms with Crippen LogP contribution in [0.1, 0.15) is 6.42 Å². The first-order valence-corrected chi connectivity index (χ1v) is 3.49. The van der Waals surface area contributed by atoms with E-state index < -0.39 is 5.97 Å². The minimum atomic E-state index is -0.898. The van der Waals surface area contributed by atoms with E-state index in [0.717, 1.165) is 0 Å². The van der Waals surface area contributed by atoms with E-state index in [-0.39, 0.29) is 11.2 Å². The Morgan fingerprint density at radius 3 is 3.08 bits per heavy atom. The van der Waals surface area contributed by atoms with E-state index in [1.165, 1.54) is 17.0 Å². The predicted molar refractivity (Wildman–Crippen MR) is 42.8 cm³/mol. The number of H-pyrrole nitrogens is 1. The summed E-state index contributed by atoms with van der Waals surface area (Å²) in [5.41, 5.74) is 0. The molecule has 0 radical (unpaired) electrons. The average Bonchev–Trinajstić information content (AvgIpc) is 2.36. The van der Waals surface area contributed by atoms with Crippen LogP contribution in [0.15, 0.2) is 6.08 Å². The van der Waals surface area contributed by atoms with Gasteiger partial charge in [-0.2, -0.15) is 5.21 Å². The Hall–Kier alpha value is -1.50. The van der Waals surface area contributed by atoms with E-state index in [1.54, 1.807) is 0 Å². The Morgan fingerprint density at radius 1 is 1.83 bits per heavy atom. The molecule has 1 aromatic rings. The molecule has 0 bridgehead atoms. The van der Waals surface area contributed by atoms with E-state index in [0.29, 0.717) is 0 Å². The smallest absolute Gasteiger partial charge is 0.307 e. The highest BCUT2D eigenvalue weighted by Crippen LogP contribution is 1.88. The molecule has 0 amide bonds. The normalized spacial score (nSPS) is 10.7. The van der Waals surface area contributed by atoms with Crippen molar-refractivity contribution in [2.75, 3.05) is 0 Å². The molecule has 6 nitrogen and oxygen atoms in total. The second kappa shape index (κ2) is 3.77. The first-order valence-electron chi connectivity index (χ1n) is 3.08. The van der Waals surface area contributed by atoms with Crippen molar-refractivity contribution in [1.82, 2.24) is 20.2 Å². The van der Waals surface area contributed by atoms with E-state index in [1.807, 2.05) is 0 Å². The van der Waals surface area contributed by atoms with Crippen molar-refractivity contribution in [2.45, 2.75) is 6.42 Å². The van der Waals surface area contributed by atoms with Gasteiger partial charge >= 0.3 is 5.97 Å². The first-order chi connectivity index (χ1) is 5.70. The molecule has 0 aromatic carbocycles. The summed E-state index contributed by atoms with van der Waals surface area (Å²) in [4.78, 5) is 10.1. The predicted octanol–water partition coefficient (Wildman–Crippen LogP) is 0.281. The lowest BCUT2D eigenvalue weighted by Gasteiger charge is -1.87. The maximum atomic E-state index is 10.1. The van der Waals surface area contributed by atoms with Crippen molar-refractivity contribution in [2.24, 2.45) is 0 Å². The molecule has 0 fully saturated rings. The van der Waals surface area contributed by atoms with Crippen LogP contribution in [-0.4, -0.2) is 31.3 Å². The van der Waals surface area contributed by atoms with Crippen molar-refractivity contribution < 1.29 is 9.90 Å². The Bertz CT molecular complexity index is 352. The Balaban J connectivity index is 2.64. The fourth-order valence-corrected chi connectivity index (χ4v) is 0.703. The molecule has 2 N–H and O–H groups in total. The van der Waals surface area contributed by atoms with Gasteiger partial charge < -0.3 is 5.11 Å². The van der Waals surface area contributed by atoms with Gasteiger partial charge in [-0.3, -0.25) is 4.79 Å². The summed E-state index contributed by atoms with van der Waals surface area (Å²) in [6.45, 7) is 0. The van der Waals surface area contributed by atoms with Crippen molar-refractivity contribution in [3.05, 3.63) is 10.8 Å². The van der Waals surface area contributed by atoms with Gasteiger partial charge in [0.15, 0.2) is 0 Å². The van der Waals surface area contributed by atoms with Crippen LogP contribution in [0.4, 0.5) is 0 Å². The topological polar surface area (TPSA) is 83.8 Å². The zero-order chi connectivity index (χ0) is 8.97. The first kappa shape index (κ1) is 8.60. The van der Waals surface area contributed by atoms with Gasteiger partial charge in [-0.15, -0.1) is 0 Å².